The molecule has 0 saturated heterocycles. The Morgan fingerprint density at radius 1 is 1.91 bits per heavy atom. The summed E-state index contributed by atoms with van der Waals surface area (Å²) < 4.78 is 0. The SMILES string of the molecule is C#CC[C@H](N)C(=O)NCC=C. The summed E-state index contributed by atoms with van der Waals surface area (Å²) in [7, 11) is 0. The van der Waals surface area contributed by atoms with Crippen molar-refractivity contribution < 1.29 is 4.79 Å². The molecule has 0 aromatic carbocycles. The molecule has 0 heterocycles. The van der Waals surface area contributed by atoms with Gasteiger partial charge >= 0.3 is 0 Å². The number of rotatable bonds is 4. The number of nitrogens with two attached hydrogens (primary N) is 1. The molecule has 0 aliphatic carbocycles. The molecule has 3 N–H and O–H groups in total. The molecule has 0 unspecified atom stereocenters. The van der Waals surface area contributed by atoms with Crippen LogP contribution in [0.15, 0.2) is 12.7 Å². The van der Waals surface area contributed by atoms with Gasteiger partial charge in [-0.1, -0.05) is 6.08 Å². The van der Waals surface area contributed by atoms with Crippen LogP contribution >= 0.6 is 0 Å². The third kappa shape index (κ3) is 4.18. The average Bonchev–Trinajstić information content (AvgIpc) is 2.00. The van der Waals surface area contributed by atoms with Gasteiger partial charge in [0.2, 0.25) is 5.91 Å². The Labute approximate surface area is 66.7 Å². The van der Waals surface area contributed by atoms with Gasteiger partial charge in [0.15, 0.2) is 0 Å². The molecule has 0 bridgehead atoms. The van der Waals surface area contributed by atoms with Gasteiger partial charge in [0.1, 0.15) is 0 Å². The highest BCUT2D eigenvalue weighted by molar-refractivity contribution is 5.81. The monoisotopic (exact) mass is 152 g/mol. The van der Waals surface area contributed by atoms with E-state index < -0.39 is 6.04 Å². The van der Waals surface area contributed by atoms with Gasteiger partial charge in [0, 0.05) is 13.0 Å². The Bertz CT molecular complexity index is 181. The maximum atomic E-state index is 10.9. The van der Waals surface area contributed by atoms with Crippen molar-refractivity contribution in [3.63, 3.8) is 0 Å². The summed E-state index contributed by atoms with van der Waals surface area (Å²) in [5.74, 6) is 2.08. The average molecular weight is 152 g/mol. The third-order valence-electron chi connectivity index (χ3n) is 1.10. The Morgan fingerprint density at radius 3 is 3.00 bits per heavy atom. The highest BCUT2D eigenvalue weighted by Crippen LogP contribution is 1.84. The molecule has 3 nitrogen and oxygen atoms in total. The van der Waals surface area contributed by atoms with Crippen molar-refractivity contribution in [1.29, 1.82) is 0 Å². The van der Waals surface area contributed by atoms with Crippen molar-refractivity contribution >= 4 is 5.91 Å². The van der Waals surface area contributed by atoms with Crippen LogP contribution in [0.1, 0.15) is 6.42 Å². The normalized spacial score (nSPS) is 11.3. The lowest BCUT2D eigenvalue weighted by Gasteiger charge is -2.06. The molecule has 3 heteroatoms. The minimum atomic E-state index is -0.597. The van der Waals surface area contributed by atoms with Crippen LogP contribution in [0.4, 0.5) is 0 Å². The van der Waals surface area contributed by atoms with Crippen molar-refractivity contribution in [2.45, 2.75) is 12.5 Å². The Morgan fingerprint density at radius 2 is 2.55 bits per heavy atom. The minimum Gasteiger partial charge on any atom is -0.351 e. The van der Waals surface area contributed by atoms with Crippen molar-refractivity contribution in [2.75, 3.05) is 6.54 Å². The van der Waals surface area contributed by atoms with E-state index >= 15 is 0 Å². The first kappa shape index (κ1) is 9.73. The topological polar surface area (TPSA) is 55.1 Å². The lowest BCUT2D eigenvalue weighted by Crippen LogP contribution is -2.40. The van der Waals surface area contributed by atoms with Gasteiger partial charge in [-0.25, -0.2) is 0 Å². The molecule has 11 heavy (non-hydrogen) atoms. The van der Waals surface area contributed by atoms with E-state index in [-0.39, 0.29) is 12.3 Å². The van der Waals surface area contributed by atoms with Gasteiger partial charge in [-0.3, -0.25) is 4.79 Å². The van der Waals surface area contributed by atoms with E-state index in [1.807, 2.05) is 0 Å². The second kappa shape index (κ2) is 5.51. The van der Waals surface area contributed by atoms with Crippen molar-refractivity contribution in [3.05, 3.63) is 12.7 Å². The second-order valence-corrected chi connectivity index (χ2v) is 2.05. The second-order valence-electron chi connectivity index (χ2n) is 2.05. The van der Waals surface area contributed by atoms with E-state index in [0.29, 0.717) is 6.54 Å². The molecule has 60 valence electrons. The van der Waals surface area contributed by atoms with Crippen LogP contribution in [-0.2, 0) is 4.79 Å². The van der Waals surface area contributed by atoms with E-state index in [1.165, 1.54) is 0 Å². The zero-order valence-corrected chi connectivity index (χ0v) is 6.34. The van der Waals surface area contributed by atoms with E-state index in [2.05, 4.69) is 17.8 Å². The van der Waals surface area contributed by atoms with E-state index in [9.17, 15) is 4.79 Å². The fourth-order valence-corrected chi connectivity index (χ4v) is 0.524. The largest absolute Gasteiger partial charge is 0.351 e. The van der Waals surface area contributed by atoms with Crippen molar-refractivity contribution in [3.8, 4) is 12.3 Å². The maximum Gasteiger partial charge on any atom is 0.238 e. The predicted octanol–water partition coefficient (Wildman–Crippen LogP) is -0.361. The summed E-state index contributed by atoms with van der Waals surface area (Å²) in [6.07, 6.45) is 6.82. The molecule has 0 aromatic heterocycles. The molecule has 0 spiro atoms. The first-order valence-electron chi connectivity index (χ1n) is 3.30. The van der Waals surface area contributed by atoms with E-state index in [0.717, 1.165) is 0 Å². The van der Waals surface area contributed by atoms with Gasteiger partial charge in [0.25, 0.3) is 0 Å². The quantitative estimate of drug-likeness (QED) is 0.427. The van der Waals surface area contributed by atoms with Crippen LogP contribution in [0.25, 0.3) is 0 Å². The summed E-state index contributed by atoms with van der Waals surface area (Å²) in [6.45, 7) is 3.87. The highest BCUT2D eigenvalue weighted by Gasteiger charge is 2.09. The minimum absolute atomic E-state index is 0.233. The van der Waals surface area contributed by atoms with Gasteiger partial charge in [-0.2, -0.15) is 0 Å². The Balaban J connectivity index is 3.65. The molecule has 0 aromatic rings. The number of hydrogen-bond donors (Lipinski definition) is 2. The van der Waals surface area contributed by atoms with Crippen LogP contribution in [-0.4, -0.2) is 18.5 Å². The smallest absolute Gasteiger partial charge is 0.238 e. The number of amides is 1. The molecular formula is C8H12N2O. The first-order chi connectivity index (χ1) is 5.22. The maximum absolute atomic E-state index is 10.9. The Hall–Kier alpha value is -1.27. The lowest BCUT2D eigenvalue weighted by molar-refractivity contribution is -0.122. The molecular weight excluding hydrogens is 140 g/mol. The van der Waals surface area contributed by atoms with Crippen LogP contribution in [0, 0.1) is 12.3 Å². The molecule has 0 fully saturated rings. The van der Waals surface area contributed by atoms with Gasteiger partial charge < -0.3 is 11.1 Å². The summed E-state index contributed by atoms with van der Waals surface area (Å²) in [5, 5.41) is 2.54. The van der Waals surface area contributed by atoms with E-state index in [1.54, 1.807) is 6.08 Å². The number of hydrogen-bond acceptors (Lipinski definition) is 2. The fraction of sp³-hybridized carbons (Fsp3) is 0.375. The summed E-state index contributed by atoms with van der Waals surface area (Å²) in [5.41, 5.74) is 5.38. The van der Waals surface area contributed by atoms with Crippen LogP contribution in [0.5, 0.6) is 0 Å². The molecule has 0 rings (SSSR count). The van der Waals surface area contributed by atoms with Crippen molar-refractivity contribution in [1.82, 2.24) is 5.32 Å². The number of carbonyl (C=O) groups excluding carboxylic acids is 1. The molecule has 0 radical (unpaired) electrons. The van der Waals surface area contributed by atoms with E-state index in [4.69, 9.17) is 12.2 Å². The summed E-state index contributed by atoms with van der Waals surface area (Å²) in [6, 6.07) is -0.597. The summed E-state index contributed by atoms with van der Waals surface area (Å²) in [4.78, 5) is 10.9. The number of terminal acetylenes is 1. The fourth-order valence-electron chi connectivity index (χ4n) is 0.524. The standard InChI is InChI=1S/C8H12N2O/c1-3-5-7(9)8(11)10-6-4-2/h1,4,7H,2,5-6,9H2,(H,10,11)/t7-/m0/s1. The van der Waals surface area contributed by atoms with Crippen LogP contribution in [0.3, 0.4) is 0 Å². The number of carbonyl (C=O) groups is 1. The Kier molecular flexibility index (Phi) is 4.87. The zero-order valence-electron chi connectivity index (χ0n) is 6.34. The van der Waals surface area contributed by atoms with Gasteiger partial charge in [0.05, 0.1) is 6.04 Å². The first-order valence-corrected chi connectivity index (χ1v) is 3.30. The lowest BCUT2D eigenvalue weighted by atomic mass is 10.2. The molecule has 1 atom stereocenters. The van der Waals surface area contributed by atoms with Crippen LogP contribution in [0.2, 0.25) is 0 Å². The molecule has 0 aliphatic rings. The molecule has 0 saturated carbocycles. The van der Waals surface area contributed by atoms with Crippen molar-refractivity contribution in [2.24, 2.45) is 5.73 Å². The third-order valence-corrected chi connectivity index (χ3v) is 1.10. The van der Waals surface area contributed by atoms with Gasteiger partial charge in [-0.15, -0.1) is 18.9 Å². The molecule has 0 aliphatic heterocycles. The molecule has 1 amide bonds. The highest BCUT2D eigenvalue weighted by atomic mass is 16.2. The summed E-state index contributed by atoms with van der Waals surface area (Å²) >= 11 is 0. The van der Waals surface area contributed by atoms with Crippen LogP contribution < -0.4 is 11.1 Å². The van der Waals surface area contributed by atoms with Gasteiger partial charge in [-0.05, 0) is 0 Å². The number of nitrogens with one attached hydrogen (secondary N) is 1. The predicted molar refractivity (Wildman–Crippen MR) is 44.6 cm³/mol. The zero-order chi connectivity index (χ0) is 8.69.